The summed E-state index contributed by atoms with van der Waals surface area (Å²) in [4.78, 5) is 23.2. The van der Waals surface area contributed by atoms with Gasteiger partial charge in [0.05, 0.1) is 6.61 Å². The number of rotatable bonds is 8. The highest BCUT2D eigenvalue weighted by molar-refractivity contribution is 5.92. The van der Waals surface area contributed by atoms with Crippen molar-refractivity contribution in [1.29, 1.82) is 0 Å². The lowest BCUT2D eigenvalue weighted by atomic mass is 10.1. The van der Waals surface area contributed by atoms with E-state index in [1.807, 2.05) is 37.3 Å². The van der Waals surface area contributed by atoms with Crippen LogP contribution in [-0.2, 0) is 17.8 Å². The molecule has 5 heteroatoms. The Kier molecular flexibility index (Phi) is 6.37. The molecule has 3 N–H and O–H groups in total. The van der Waals surface area contributed by atoms with Crippen LogP contribution in [0.4, 0.5) is 0 Å². The van der Waals surface area contributed by atoms with E-state index in [0.717, 1.165) is 16.9 Å². The lowest BCUT2D eigenvalue weighted by Crippen LogP contribution is -2.23. The monoisotopic (exact) mass is 326 g/mol. The van der Waals surface area contributed by atoms with Gasteiger partial charge in [0.1, 0.15) is 5.75 Å². The van der Waals surface area contributed by atoms with E-state index in [1.165, 1.54) is 0 Å². The molecule has 0 radical (unpaired) electrons. The first-order valence-electron chi connectivity index (χ1n) is 7.96. The Labute approximate surface area is 141 Å². The van der Waals surface area contributed by atoms with Gasteiger partial charge in [0.25, 0.3) is 0 Å². The van der Waals surface area contributed by atoms with Crippen LogP contribution in [0.1, 0.15) is 34.8 Å². The van der Waals surface area contributed by atoms with Crippen LogP contribution in [0.5, 0.6) is 5.75 Å². The molecular formula is C19H22N2O3. The number of nitrogens with two attached hydrogens (primary N) is 1. The Bertz CT molecular complexity index is 713. The van der Waals surface area contributed by atoms with Crippen LogP contribution in [0, 0.1) is 0 Å². The van der Waals surface area contributed by atoms with Gasteiger partial charge in [0.2, 0.25) is 11.8 Å². The Balaban J connectivity index is 1.86. The molecule has 0 unspecified atom stereocenters. The molecule has 0 aliphatic heterocycles. The van der Waals surface area contributed by atoms with Crippen LogP contribution >= 0.6 is 0 Å². The summed E-state index contributed by atoms with van der Waals surface area (Å²) in [6.45, 7) is 2.90. The van der Waals surface area contributed by atoms with Gasteiger partial charge in [0, 0.05) is 18.5 Å². The molecule has 0 fully saturated rings. The number of para-hydroxylation sites is 1. The number of primary amides is 1. The van der Waals surface area contributed by atoms with Crippen LogP contribution in [0.15, 0.2) is 48.5 Å². The van der Waals surface area contributed by atoms with Crippen molar-refractivity contribution < 1.29 is 14.3 Å². The van der Waals surface area contributed by atoms with Crippen molar-refractivity contribution in [2.45, 2.75) is 26.3 Å². The van der Waals surface area contributed by atoms with Crippen molar-refractivity contribution in [2.24, 2.45) is 5.73 Å². The largest absolute Gasteiger partial charge is 0.494 e. The predicted octanol–water partition coefficient (Wildman–Crippen LogP) is 2.43. The van der Waals surface area contributed by atoms with E-state index in [-0.39, 0.29) is 5.91 Å². The van der Waals surface area contributed by atoms with Crippen molar-refractivity contribution in [3.8, 4) is 5.75 Å². The number of hydrogen-bond acceptors (Lipinski definition) is 3. The maximum atomic E-state index is 12.0. The normalized spacial score (nSPS) is 10.2. The lowest BCUT2D eigenvalue weighted by molar-refractivity contribution is -0.121. The number of nitrogens with one attached hydrogen (secondary N) is 1. The van der Waals surface area contributed by atoms with E-state index in [0.29, 0.717) is 31.6 Å². The molecule has 24 heavy (non-hydrogen) atoms. The summed E-state index contributed by atoms with van der Waals surface area (Å²) in [5, 5.41) is 2.85. The summed E-state index contributed by atoms with van der Waals surface area (Å²) in [6.07, 6.45) is 0.989. The third-order valence-electron chi connectivity index (χ3n) is 3.60. The molecule has 0 saturated carbocycles. The number of amides is 2. The van der Waals surface area contributed by atoms with Gasteiger partial charge in [-0.1, -0.05) is 30.3 Å². The number of carbonyl (C=O) groups excluding carboxylic acids is 2. The van der Waals surface area contributed by atoms with Gasteiger partial charge < -0.3 is 15.8 Å². The van der Waals surface area contributed by atoms with Crippen molar-refractivity contribution in [2.75, 3.05) is 6.61 Å². The minimum absolute atomic E-state index is 0.0502. The van der Waals surface area contributed by atoms with Gasteiger partial charge in [0.15, 0.2) is 0 Å². The van der Waals surface area contributed by atoms with Gasteiger partial charge in [-0.3, -0.25) is 9.59 Å². The summed E-state index contributed by atoms with van der Waals surface area (Å²) in [6, 6.07) is 14.7. The fourth-order valence-corrected chi connectivity index (χ4v) is 2.38. The van der Waals surface area contributed by atoms with E-state index in [9.17, 15) is 9.59 Å². The van der Waals surface area contributed by atoms with Crippen LogP contribution < -0.4 is 15.8 Å². The number of ether oxygens (including phenoxy) is 1. The van der Waals surface area contributed by atoms with Crippen LogP contribution in [-0.4, -0.2) is 18.4 Å². The molecule has 0 aromatic heterocycles. The minimum atomic E-state index is -0.476. The average Bonchev–Trinajstić information content (AvgIpc) is 2.59. The maximum Gasteiger partial charge on any atom is 0.248 e. The molecule has 0 bridgehead atoms. The van der Waals surface area contributed by atoms with E-state index in [4.69, 9.17) is 10.5 Å². The maximum absolute atomic E-state index is 12.0. The Morgan fingerprint density at radius 2 is 1.92 bits per heavy atom. The third-order valence-corrected chi connectivity index (χ3v) is 3.60. The zero-order valence-corrected chi connectivity index (χ0v) is 13.7. The second-order valence-corrected chi connectivity index (χ2v) is 5.38. The summed E-state index contributed by atoms with van der Waals surface area (Å²) >= 11 is 0. The van der Waals surface area contributed by atoms with Crippen molar-refractivity contribution in [1.82, 2.24) is 5.32 Å². The van der Waals surface area contributed by atoms with Gasteiger partial charge >= 0.3 is 0 Å². The molecule has 0 atom stereocenters. The van der Waals surface area contributed by atoms with Crippen LogP contribution in [0.25, 0.3) is 0 Å². The van der Waals surface area contributed by atoms with Crippen LogP contribution in [0.3, 0.4) is 0 Å². The molecular weight excluding hydrogens is 304 g/mol. The van der Waals surface area contributed by atoms with Crippen molar-refractivity contribution >= 4 is 11.8 Å². The highest BCUT2D eigenvalue weighted by Crippen LogP contribution is 2.19. The summed E-state index contributed by atoms with van der Waals surface area (Å²) in [7, 11) is 0. The van der Waals surface area contributed by atoms with Crippen LogP contribution in [0.2, 0.25) is 0 Å². The van der Waals surface area contributed by atoms with Gasteiger partial charge in [-0.25, -0.2) is 0 Å². The van der Waals surface area contributed by atoms with E-state index in [2.05, 4.69) is 5.32 Å². The van der Waals surface area contributed by atoms with Crippen molar-refractivity contribution in [3.05, 3.63) is 65.2 Å². The first kappa shape index (κ1) is 17.5. The standard InChI is InChI=1S/C19H22N2O3/c1-2-24-17-9-4-3-7-15(17)10-11-18(22)21-13-14-6-5-8-16(12-14)19(20)23/h3-9,12H,2,10-11,13H2,1H3,(H2,20,23)(H,21,22). The molecule has 2 aromatic rings. The number of hydrogen-bond donors (Lipinski definition) is 2. The Morgan fingerprint density at radius 1 is 1.12 bits per heavy atom. The number of benzene rings is 2. The summed E-state index contributed by atoms with van der Waals surface area (Å²) in [5.41, 5.74) is 7.55. The van der Waals surface area contributed by atoms with E-state index >= 15 is 0 Å². The molecule has 5 nitrogen and oxygen atoms in total. The highest BCUT2D eigenvalue weighted by Gasteiger charge is 2.07. The SMILES string of the molecule is CCOc1ccccc1CCC(=O)NCc1cccc(C(N)=O)c1. The topological polar surface area (TPSA) is 81.4 Å². The molecule has 0 aliphatic carbocycles. The van der Waals surface area contributed by atoms with E-state index < -0.39 is 5.91 Å². The fraction of sp³-hybridized carbons (Fsp3) is 0.263. The average molecular weight is 326 g/mol. The molecule has 2 aromatic carbocycles. The second kappa shape index (κ2) is 8.72. The molecule has 0 spiro atoms. The molecule has 0 saturated heterocycles. The summed E-state index contributed by atoms with van der Waals surface area (Å²) < 4.78 is 5.56. The number of carbonyl (C=O) groups is 2. The highest BCUT2D eigenvalue weighted by atomic mass is 16.5. The molecule has 126 valence electrons. The zero-order chi connectivity index (χ0) is 17.4. The van der Waals surface area contributed by atoms with Crippen molar-refractivity contribution in [3.63, 3.8) is 0 Å². The smallest absolute Gasteiger partial charge is 0.248 e. The minimum Gasteiger partial charge on any atom is -0.494 e. The quantitative estimate of drug-likeness (QED) is 0.782. The number of aryl methyl sites for hydroxylation is 1. The zero-order valence-electron chi connectivity index (χ0n) is 13.7. The second-order valence-electron chi connectivity index (χ2n) is 5.38. The molecule has 2 rings (SSSR count). The van der Waals surface area contributed by atoms with Gasteiger partial charge in [-0.2, -0.15) is 0 Å². The third kappa shape index (κ3) is 5.12. The summed E-state index contributed by atoms with van der Waals surface area (Å²) in [5.74, 6) is 0.295. The Morgan fingerprint density at radius 3 is 2.67 bits per heavy atom. The van der Waals surface area contributed by atoms with Gasteiger partial charge in [-0.15, -0.1) is 0 Å². The lowest BCUT2D eigenvalue weighted by Gasteiger charge is -2.10. The molecule has 2 amide bonds. The molecule has 0 aliphatic rings. The van der Waals surface area contributed by atoms with E-state index in [1.54, 1.807) is 18.2 Å². The van der Waals surface area contributed by atoms with Gasteiger partial charge in [-0.05, 0) is 42.7 Å². The first-order valence-corrected chi connectivity index (χ1v) is 7.96. The fourth-order valence-electron chi connectivity index (χ4n) is 2.38. The predicted molar refractivity (Wildman–Crippen MR) is 92.7 cm³/mol. The molecule has 0 heterocycles. The Hall–Kier alpha value is -2.82. The first-order chi connectivity index (χ1) is 11.6.